The van der Waals surface area contributed by atoms with Gasteiger partial charge in [-0.15, -0.1) is 0 Å². The fraction of sp³-hybridized carbons (Fsp3) is 0.182. The van der Waals surface area contributed by atoms with Crippen LogP contribution in [0.3, 0.4) is 0 Å². The Morgan fingerprint density at radius 1 is 1.10 bits per heavy atom. The minimum atomic E-state index is -0.738. The number of pyridine rings is 1. The van der Waals surface area contributed by atoms with E-state index in [2.05, 4.69) is 9.97 Å². The Bertz CT molecular complexity index is 1080. The number of benzene rings is 1. The monoisotopic (exact) mass is 422 g/mol. The summed E-state index contributed by atoms with van der Waals surface area (Å²) in [7, 11) is 0. The van der Waals surface area contributed by atoms with E-state index in [-0.39, 0.29) is 11.3 Å². The molecule has 1 saturated heterocycles. The molecule has 1 amide bonds. The lowest BCUT2D eigenvalue weighted by molar-refractivity contribution is -0.139. The number of aliphatic hydroxyl groups is 1. The summed E-state index contributed by atoms with van der Waals surface area (Å²) < 4.78 is 1.90. The first-order chi connectivity index (χ1) is 14.6. The standard InChI is InChI=1S/C22H19ClN4O3/c23-17-8-7-16(13-25-17)19-18(20(28)15-5-2-1-3-6-15)21(29)22(30)27(19)11-4-10-26-12-9-24-14-26/h1-3,5-9,12-14,19,28H,4,10-11H2/t19-/m1/s1. The molecule has 1 fully saturated rings. The third-order valence-corrected chi connectivity index (χ3v) is 5.25. The molecule has 30 heavy (non-hydrogen) atoms. The molecule has 2 aromatic heterocycles. The van der Waals surface area contributed by atoms with Crippen LogP contribution in [0.15, 0.2) is 73.0 Å². The lowest BCUT2D eigenvalue weighted by Crippen LogP contribution is -2.31. The number of rotatable bonds is 6. The van der Waals surface area contributed by atoms with E-state index >= 15 is 0 Å². The molecule has 8 heteroatoms. The molecule has 1 aliphatic rings. The topological polar surface area (TPSA) is 88.3 Å². The molecule has 1 aliphatic heterocycles. The predicted molar refractivity (Wildman–Crippen MR) is 112 cm³/mol. The quantitative estimate of drug-likeness (QED) is 0.284. The van der Waals surface area contributed by atoms with Crippen LogP contribution in [0.1, 0.15) is 23.6 Å². The van der Waals surface area contributed by atoms with E-state index in [1.165, 1.54) is 11.1 Å². The third-order valence-electron chi connectivity index (χ3n) is 5.03. The maximum atomic E-state index is 12.9. The second-order valence-electron chi connectivity index (χ2n) is 6.93. The molecule has 1 atom stereocenters. The van der Waals surface area contributed by atoms with E-state index in [1.807, 2.05) is 16.8 Å². The van der Waals surface area contributed by atoms with Crippen LogP contribution in [0.2, 0.25) is 5.15 Å². The van der Waals surface area contributed by atoms with Gasteiger partial charge in [0.15, 0.2) is 0 Å². The van der Waals surface area contributed by atoms with Gasteiger partial charge in [-0.25, -0.2) is 9.97 Å². The van der Waals surface area contributed by atoms with Gasteiger partial charge in [-0.2, -0.15) is 0 Å². The molecule has 7 nitrogen and oxygen atoms in total. The van der Waals surface area contributed by atoms with Crippen molar-refractivity contribution in [3.8, 4) is 0 Å². The van der Waals surface area contributed by atoms with Gasteiger partial charge in [-0.05, 0) is 18.1 Å². The number of Topliss-reactive ketones (excluding diaryl/α,β-unsaturated/α-hetero) is 1. The van der Waals surface area contributed by atoms with Crippen LogP contribution in [0, 0.1) is 0 Å². The van der Waals surface area contributed by atoms with Gasteiger partial charge in [-0.3, -0.25) is 9.59 Å². The van der Waals surface area contributed by atoms with E-state index in [9.17, 15) is 14.7 Å². The van der Waals surface area contributed by atoms with Crippen molar-refractivity contribution in [2.45, 2.75) is 19.0 Å². The Hall–Kier alpha value is -3.45. The number of aliphatic hydroxyl groups excluding tert-OH is 1. The highest BCUT2D eigenvalue weighted by Crippen LogP contribution is 2.39. The molecule has 0 bridgehead atoms. The lowest BCUT2D eigenvalue weighted by Gasteiger charge is -2.25. The predicted octanol–water partition coefficient (Wildman–Crippen LogP) is 3.44. The van der Waals surface area contributed by atoms with Gasteiger partial charge in [0.2, 0.25) is 0 Å². The fourth-order valence-electron chi connectivity index (χ4n) is 3.60. The van der Waals surface area contributed by atoms with Crippen LogP contribution >= 0.6 is 11.6 Å². The molecular weight excluding hydrogens is 404 g/mol. The average Bonchev–Trinajstić information content (AvgIpc) is 3.37. The van der Waals surface area contributed by atoms with Gasteiger partial charge < -0.3 is 14.6 Å². The molecule has 4 rings (SSSR count). The summed E-state index contributed by atoms with van der Waals surface area (Å²) in [6, 6.07) is 11.3. The molecule has 0 saturated carbocycles. The van der Waals surface area contributed by atoms with Crippen LogP contribution < -0.4 is 0 Å². The molecule has 3 heterocycles. The summed E-state index contributed by atoms with van der Waals surface area (Å²) in [5, 5.41) is 11.2. The molecule has 0 radical (unpaired) electrons. The Labute approximate surface area is 178 Å². The van der Waals surface area contributed by atoms with E-state index in [4.69, 9.17) is 11.6 Å². The summed E-state index contributed by atoms with van der Waals surface area (Å²) in [4.78, 5) is 35.3. The van der Waals surface area contributed by atoms with Gasteiger partial charge in [0.05, 0.1) is 17.9 Å². The van der Waals surface area contributed by atoms with Gasteiger partial charge in [0.25, 0.3) is 11.7 Å². The zero-order valence-corrected chi connectivity index (χ0v) is 16.7. The molecule has 3 aromatic rings. The highest BCUT2D eigenvalue weighted by Gasteiger charge is 2.45. The van der Waals surface area contributed by atoms with Crippen LogP contribution in [0.4, 0.5) is 0 Å². The van der Waals surface area contributed by atoms with Crippen LogP contribution in [0.5, 0.6) is 0 Å². The first-order valence-electron chi connectivity index (χ1n) is 9.47. The maximum Gasteiger partial charge on any atom is 0.295 e. The summed E-state index contributed by atoms with van der Waals surface area (Å²) in [5.74, 6) is -1.55. The highest BCUT2D eigenvalue weighted by molar-refractivity contribution is 6.46. The largest absolute Gasteiger partial charge is 0.507 e. The zero-order chi connectivity index (χ0) is 21.1. The molecule has 0 aliphatic carbocycles. The van der Waals surface area contributed by atoms with Crippen molar-refractivity contribution < 1.29 is 14.7 Å². The maximum absolute atomic E-state index is 12.9. The van der Waals surface area contributed by atoms with Crippen molar-refractivity contribution in [1.29, 1.82) is 0 Å². The SMILES string of the molecule is O=C1C(=O)N(CCCn2ccnc2)[C@H](c2ccc(Cl)nc2)C1=C(O)c1ccccc1. The smallest absolute Gasteiger partial charge is 0.295 e. The van der Waals surface area contributed by atoms with Gasteiger partial charge in [0, 0.05) is 37.2 Å². The third kappa shape index (κ3) is 3.84. The first-order valence-corrected chi connectivity index (χ1v) is 9.85. The number of aromatic nitrogens is 3. The number of carbonyl (C=O) groups is 2. The summed E-state index contributed by atoms with van der Waals surface area (Å²) >= 11 is 5.92. The number of nitrogens with zero attached hydrogens (tertiary/aromatic N) is 4. The van der Waals surface area contributed by atoms with Crippen molar-refractivity contribution >= 4 is 29.1 Å². The fourth-order valence-corrected chi connectivity index (χ4v) is 3.71. The average molecular weight is 423 g/mol. The number of likely N-dealkylation sites (tertiary alicyclic amines) is 1. The Balaban J connectivity index is 1.72. The Morgan fingerprint density at radius 3 is 2.57 bits per heavy atom. The van der Waals surface area contributed by atoms with Crippen LogP contribution in [-0.4, -0.2) is 42.8 Å². The van der Waals surface area contributed by atoms with Gasteiger partial charge in [-0.1, -0.05) is 48.0 Å². The second-order valence-corrected chi connectivity index (χ2v) is 7.31. The minimum absolute atomic E-state index is 0.0537. The molecule has 1 N–H and O–H groups in total. The number of ketones is 1. The molecule has 0 spiro atoms. The number of imidazole rings is 1. The summed E-state index contributed by atoms with van der Waals surface area (Å²) in [6.07, 6.45) is 7.37. The minimum Gasteiger partial charge on any atom is -0.507 e. The summed E-state index contributed by atoms with van der Waals surface area (Å²) in [5.41, 5.74) is 1.14. The van der Waals surface area contributed by atoms with Crippen molar-refractivity contribution in [3.05, 3.63) is 89.2 Å². The number of halogens is 1. The number of hydrogen-bond donors (Lipinski definition) is 1. The number of hydrogen-bond acceptors (Lipinski definition) is 5. The first kappa shape index (κ1) is 19.8. The van der Waals surface area contributed by atoms with Gasteiger partial charge in [0.1, 0.15) is 10.9 Å². The van der Waals surface area contributed by atoms with E-state index in [1.54, 1.807) is 48.9 Å². The normalized spacial score (nSPS) is 18.2. The number of aryl methyl sites for hydroxylation is 1. The van der Waals surface area contributed by atoms with Crippen molar-refractivity contribution in [3.63, 3.8) is 0 Å². The van der Waals surface area contributed by atoms with Crippen molar-refractivity contribution in [1.82, 2.24) is 19.4 Å². The Morgan fingerprint density at radius 2 is 1.90 bits per heavy atom. The number of carbonyl (C=O) groups excluding carboxylic acids is 2. The lowest BCUT2D eigenvalue weighted by atomic mass is 9.96. The molecule has 0 unspecified atom stereocenters. The van der Waals surface area contributed by atoms with E-state index in [0.717, 1.165) is 0 Å². The Kier molecular flexibility index (Phi) is 5.63. The van der Waals surface area contributed by atoms with E-state index in [0.29, 0.717) is 35.8 Å². The highest BCUT2D eigenvalue weighted by atomic mass is 35.5. The van der Waals surface area contributed by atoms with Crippen molar-refractivity contribution in [2.24, 2.45) is 0 Å². The number of amides is 1. The second kappa shape index (κ2) is 8.51. The molecule has 152 valence electrons. The summed E-state index contributed by atoms with van der Waals surface area (Å²) in [6.45, 7) is 0.981. The molecular formula is C22H19ClN4O3. The van der Waals surface area contributed by atoms with Gasteiger partial charge >= 0.3 is 0 Å². The zero-order valence-electron chi connectivity index (χ0n) is 16.0. The molecule has 1 aromatic carbocycles. The van der Waals surface area contributed by atoms with Crippen LogP contribution in [0.25, 0.3) is 5.76 Å². The van der Waals surface area contributed by atoms with Crippen LogP contribution in [-0.2, 0) is 16.1 Å². The van der Waals surface area contributed by atoms with E-state index < -0.39 is 17.7 Å². The van der Waals surface area contributed by atoms with Crippen molar-refractivity contribution in [2.75, 3.05) is 6.54 Å².